The smallest absolute Gasteiger partial charge is 0.272 e. The van der Waals surface area contributed by atoms with Gasteiger partial charge in [-0.25, -0.2) is 0 Å². The third kappa shape index (κ3) is 5.21. The fraction of sp³-hybridized carbons (Fsp3) is 0.714. The zero-order valence-corrected chi connectivity index (χ0v) is 6.43. The van der Waals surface area contributed by atoms with Crippen molar-refractivity contribution in [3.05, 3.63) is 12.0 Å². The number of rotatable bonds is 1. The van der Waals surface area contributed by atoms with E-state index in [0.717, 1.165) is 0 Å². The number of hydrogen-bond donors (Lipinski definition) is 1. The third-order valence-corrected chi connectivity index (χ3v) is 0.766. The van der Waals surface area contributed by atoms with Crippen LogP contribution >= 0.6 is 0 Å². The van der Waals surface area contributed by atoms with Gasteiger partial charge in [0, 0.05) is 6.08 Å². The van der Waals surface area contributed by atoms with Crippen molar-refractivity contribution in [2.75, 3.05) is 7.11 Å². The van der Waals surface area contributed by atoms with Gasteiger partial charge in [-0.3, -0.25) is 0 Å². The van der Waals surface area contributed by atoms with E-state index in [2.05, 4.69) is 4.74 Å². The number of ether oxygens (including phenoxy) is 1. The molecule has 0 aromatic rings. The number of aliphatic hydroxyl groups excluding tert-OH is 1. The van der Waals surface area contributed by atoms with Crippen molar-refractivity contribution < 1.29 is 9.84 Å². The number of allylic oxidation sites excluding steroid dienone is 1. The van der Waals surface area contributed by atoms with Crippen molar-refractivity contribution in [1.82, 2.24) is 0 Å². The molecule has 0 radical (unpaired) electrons. The first-order valence-electron chi connectivity index (χ1n) is 2.91. The summed E-state index contributed by atoms with van der Waals surface area (Å²) in [7, 11) is 1.44. The molecule has 0 heterocycles. The van der Waals surface area contributed by atoms with Crippen LogP contribution in [0.4, 0.5) is 0 Å². The summed E-state index contributed by atoms with van der Waals surface area (Å²) in [6, 6.07) is 0. The molecule has 54 valence electrons. The molecular formula is C7H14O2. The van der Waals surface area contributed by atoms with Crippen molar-refractivity contribution in [3.63, 3.8) is 0 Å². The predicted octanol–water partition coefficient (Wildman–Crippen LogP) is 2.08. The van der Waals surface area contributed by atoms with Gasteiger partial charge in [0.05, 0.1) is 7.11 Å². The first kappa shape index (κ1) is 8.34. The number of hydrogen-bond acceptors (Lipinski definition) is 2. The quantitative estimate of drug-likeness (QED) is 0.550. The van der Waals surface area contributed by atoms with Gasteiger partial charge in [-0.2, -0.15) is 0 Å². The van der Waals surface area contributed by atoms with Crippen molar-refractivity contribution in [1.29, 1.82) is 0 Å². The van der Waals surface area contributed by atoms with E-state index in [9.17, 15) is 0 Å². The van der Waals surface area contributed by atoms with Crippen LogP contribution in [0.2, 0.25) is 0 Å². The van der Waals surface area contributed by atoms with Crippen molar-refractivity contribution in [2.24, 2.45) is 5.41 Å². The maximum atomic E-state index is 8.83. The second kappa shape index (κ2) is 2.76. The molecule has 0 aliphatic heterocycles. The summed E-state index contributed by atoms with van der Waals surface area (Å²) in [6.07, 6.45) is 1.66. The Hall–Kier alpha value is -0.660. The molecule has 0 aromatic heterocycles. The maximum Gasteiger partial charge on any atom is 0.272 e. The molecule has 0 saturated heterocycles. The van der Waals surface area contributed by atoms with Gasteiger partial charge < -0.3 is 9.84 Å². The van der Waals surface area contributed by atoms with E-state index < -0.39 is 0 Å². The van der Waals surface area contributed by atoms with Gasteiger partial charge in [0.2, 0.25) is 0 Å². The summed E-state index contributed by atoms with van der Waals surface area (Å²) < 4.78 is 4.54. The van der Waals surface area contributed by atoms with Gasteiger partial charge in [-0.05, 0) is 5.41 Å². The molecular weight excluding hydrogens is 116 g/mol. The van der Waals surface area contributed by atoms with Crippen LogP contribution in [-0.2, 0) is 4.74 Å². The van der Waals surface area contributed by atoms with Crippen LogP contribution in [0.3, 0.4) is 0 Å². The molecule has 0 aliphatic carbocycles. The van der Waals surface area contributed by atoms with E-state index in [1.165, 1.54) is 7.11 Å². The Morgan fingerprint density at radius 2 is 1.89 bits per heavy atom. The summed E-state index contributed by atoms with van der Waals surface area (Å²) in [6.45, 7) is 5.96. The summed E-state index contributed by atoms with van der Waals surface area (Å²) in [5.41, 5.74) is -0.0138. The standard InChI is InChI=1S/C7H14O2/c1-7(2,3)5-6(8)9-4/h5,8H,1-4H3/b6-5+. The van der Waals surface area contributed by atoms with Crippen LogP contribution in [0.5, 0.6) is 0 Å². The molecule has 0 bridgehead atoms. The molecule has 0 aromatic carbocycles. The van der Waals surface area contributed by atoms with E-state index >= 15 is 0 Å². The molecule has 0 aliphatic rings. The van der Waals surface area contributed by atoms with Gasteiger partial charge in [-0.15, -0.1) is 0 Å². The maximum absolute atomic E-state index is 8.83. The van der Waals surface area contributed by atoms with E-state index in [1.807, 2.05) is 20.8 Å². The van der Waals surface area contributed by atoms with Crippen molar-refractivity contribution in [2.45, 2.75) is 20.8 Å². The molecule has 9 heavy (non-hydrogen) atoms. The lowest BCUT2D eigenvalue weighted by atomic mass is 9.97. The van der Waals surface area contributed by atoms with Gasteiger partial charge in [0.1, 0.15) is 0 Å². The Morgan fingerprint density at radius 3 is 2.00 bits per heavy atom. The van der Waals surface area contributed by atoms with E-state index in [-0.39, 0.29) is 11.4 Å². The normalized spacial score (nSPS) is 13.6. The minimum absolute atomic E-state index is 0.0116. The highest BCUT2D eigenvalue weighted by Gasteiger charge is 2.07. The second-order valence-electron chi connectivity index (χ2n) is 3.05. The van der Waals surface area contributed by atoms with Gasteiger partial charge >= 0.3 is 0 Å². The van der Waals surface area contributed by atoms with Crippen LogP contribution in [0.25, 0.3) is 0 Å². The molecule has 0 fully saturated rings. The molecule has 0 unspecified atom stereocenters. The van der Waals surface area contributed by atoms with Crippen LogP contribution in [0.15, 0.2) is 12.0 Å². The fourth-order valence-corrected chi connectivity index (χ4v) is 0.429. The van der Waals surface area contributed by atoms with Crippen molar-refractivity contribution in [3.8, 4) is 0 Å². The predicted molar refractivity (Wildman–Crippen MR) is 37.2 cm³/mol. The minimum Gasteiger partial charge on any atom is -0.481 e. The molecule has 0 atom stereocenters. The lowest BCUT2D eigenvalue weighted by Crippen LogP contribution is -2.01. The average Bonchev–Trinajstić information content (AvgIpc) is 1.62. The summed E-state index contributed by atoms with van der Waals surface area (Å²) in [4.78, 5) is 0. The van der Waals surface area contributed by atoms with Crippen LogP contribution in [0.1, 0.15) is 20.8 Å². The van der Waals surface area contributed by atoms with Gasteiger partial charge in [-0.1, -0.05) is 20.8 Å². The van der Waals surface area contributed by atoms with Crippen LogP contribution in [-0.4, -0.2) is 12.2 Å². The monoisotopic (exact) mass is 130 g/mol. The highest BCUT2D eigenvalue weighted by Crippen LogP contribution is 2.16. The second-order valence-corrected chi connectivity index (χ2v) is 3.05. The summed E-state index contributed by atoms with van der Waals surface area (Å²) in [5.74, 6) is -0.0116. The van der Waals surface area contributed by atoms with Crippen LogP contribution in [0, 0.1) is 5.41 Å². The zero-order chi connectivity index (χ0) is 7.49. The van der Waals surface area contributed by atoms with E-state index in [4.69, 9.17) is 5.11 Å². The lowest BCUT2D eigenvalue weighted by molar-refractivity contribution is 0.130. The molecule has 0 saturated carbocycles. The third-order valence-electron chi connectivity index (χ3n) is 0.766. The summed E-state index contributed by atoms with van der Waals surface area (Å²) >= 11 is 0. The van der Waals surface area contributed by atoms with Gasteiger partial charge in [0.15, 0.2) is 0 Å². The Bertz CT molecular complexity index is 109. The lowest BCUT2D eigenvalue weighted by Gasteiger charge is -2.11. The molecule has 2 heteroatoms. The number of aliphatic hydroxyl groups is 1. The Labute approximate surface area is 56.1 Å². The molecule has 2 nitrogen and oxygen atoms in total. The zero-order valence-electron chi connectivity index (χ0n) is 6.43. The molecule has 0 amide bonds. The average molecular weight is 130 g/mol. The Balaban J connectivity index is 3.95. The first-order chi connectivity index (χ1) is 3.95. The minimum atomic E-state index is -0.0138. The Kier molecular flexibility index (Phi) is 2.56. The first-order valence-corrected chi connectivity index (χ1v) is 2.91. The molecule has 0 rings (SSSR count). The number of methoxy groups -OCH3 is 1. The summed E-state index contributed by atoms with van der Waals surface area (Å²) in [5, 5.41) is 8.83. The molecule has 0 spiro atoms. The highest BCUT2D eigenvalue weighted by atomic mass is 16.6. The molecule has 1 N–H and O–H groups in total. The highest BCUT2D eigenvalue weighted by molar-refractivity contribution is 4.91. The van der Waals surface area contributed by atoms with E-state index in [0.29, 0.717) is 0 Å². The van der Waals surface area contributed by atoms with E-state index in [1.54, 1.807) is 6.08 Å². The Morgan fingerprint density at radius 1 is 1.44 bits per heavy atom. The van der Waals surface area contributed by atoms with Gasteiger partial charge in [0.25, 0.3) is 5.95 Å². The largest absolute Gasteiger partial charge is 0.481 e. The fourth-order valence-electron chi connectivity index (χ4n) is 0.429. The van der Waals surface area contributed by atoms with Crippen molar-refractivity contribution >= 4 is 0 Å². The topological polar surface area (TPSA) is 29.5 Å². The SMILES string of the molecule is CO/C(O)=C/C(C)(C)C. The van der Waals surface area contributed by atoms with Crippen LogP contribution < -0.4 is 0 Å².